The summed E-state index contributed by atoms with van der Waals surface area (Å²) < 4.78 is 31.4. The Bertz CT molecular complexity index is 580. The molecule has 7 nitrogen and oxygen atoms in total. The Morgan fingerprint density at radius 1 is 1.35 bits per heavy atom. The van der Waals surface area contributed by atoms with Crippen LogP contribution in [0, 0.1) is 11.8 Å². The molecule has 0 aliphatic rings. The Balaban J connectivity index is 2.50. The van der Waals surface area contributed by atoms with Crippen molar-refractivity contribution in [2.45, 2.75) is 13.5 Å². The molecule has 0 fully saturated rings. The van der Waals surface area contributed by atoms with E-state index in [4.69, 9.17) is 10.1 Å². The van der Waals surface area contributed by atoms with E-state index in [-0.39, 0.29) is 18.2 Å². The van der Waals surface area contributed by atoms with Gasteiger partial charge in [0.15, 0.2) is 0 Å². The van der Waals surface area contributed by atoms with E-state index in [0.29, 0.717) is 5.56 Å². The quantitative estimate of drug-likeness (QED) is 0.486. The third-order valence-electron chi connectivity index (χ3n) is 2.07. The smallest absolute Gasteiger partial charge is 0.412 e. The number of benzene rings is 1. The first-order valence-electron chi connectivity index (χ1n) is 5.60. The molecule has 1 radical (unpaired) electrons. The van der Waals surface area contributed by atoms with Gasteiger partial charge < -0.3 is 8.92 Å². The minimum atomic E-state index is -3.55. The Kier molecular flexibility index (Phi) is 5.51. The molecular weight excluding hydrogens is 284 g/mol. The summed E-state index contributed by atoms with van der Waals surface area (Å²) in [5, 5.41) is 9.43. The lowest BCUT2D eigenvalue weighted by atomic mass is 10.2. The molecule has 0 aliphatic carbocycles. The van der Waals surface area contributed by atoms with Crippen molar-refractivity contribution < 1.29 is 22.1 Å². The normalized spacial score (nSPS) is 10.7. The summed E-state index contributed by atoms with van der Waals surface area (Å²) in [4.78, 5) is 11.2. The zero-order chi connectivity index (χ0) is 15.2. The highest BCUT2D eigenvalue weighted by atomic mass is 32.2. The highest BCUT2D eigenvalue weighted by Crippen LogP contribution is 2.14. The number of carbonyl (C=O) groups is 1. The zero-order valence-corrected chi connectivity index (χ0v) is 11.9. The number of hydrogen-bond acceptors (Lipinski definition) is 6. The Hall–Kier alpha value is -2.09. The molecule has 0 unspecified atom stereocenters. The molecule has 0 saturated heterocycles. The fraction of sp³-hybridized carbons (Fsp3) is 0.250. The van der Waals surface area contributed by atoms with E-state index in [9.17, 15) is 13.2 Å². The summed E-state index contributed by atoms with van der Waals surface area (Å²) >= 11 is 0. The van der Waals surface area contributed by atoms with Gasteiger partial charge in [-0.15, -0.1) is 0 Å². The largest absolute Gasteiger partial charge is 0.444 e. The van der Waals surface area contributed by atoms with Crippen LogP contribution in [-0.4, -0.2) is 26.6 Å². The van der Waals surface area contributed by atoms with Gasteiger partial charge >= 0.3 is 16.2 Å². The third-order valence-corrected chi connectivity index (χ3v) is 2.56. The van der Waals surface area contributed by atoms with Crippen molar-refractivity contribution in [3.8, 4) is 5.75 Å². The van der Waals surface area contributed by atoms with Crippen molar-refractivity contribution in [1.82, 2.24) is 5.32 Å². The topological polar surface area (TPSA) is 106 Å². The van der Waals surface area contributed by atoms with E-state index in [1.807, 2.05) is 0 Å². The number of hydrogen-bond donors (Lipinski definition) is 2. The van der Waals surface area contributed by atoms with E-state index >= 15 is 0 Å². The van der Waals surface area contributed by atoms with Crippen LogP contribution in [0.25, 0.3) is 0 Å². The lowest BCUT2D eigenvalue weighted by Crippen LogP contribution is -2.29. The molecule has 0 aliphatic heterocycles. The maximum Gasteiger partial charge on any atom is 0.412 e. The molecule has 0 atom stereocenters. The SMILES string of the molecule is C[CH]C(=N)NC(=O)OCc1ccc(OS(C)(=O)=O)cc1. The summed E-state index contributed by atoms with van der Waals surface area (Å²) in [6.45, 7) is 1.62. The summed E-state index contributed by atoms with van der Waals surface area (Å²) in [7, 11) is -3.55. The van der Waals surface area contributed by atoms with Crippen LogP contribution in [0.15, 0.2) is 24.3 Å². The molecule has 0 saturated carbocycles. The van der Waals surface area contributed by atoms with Crippen molar-refractivity contribution in [3.05, 3.63) is 36.2 Å². The van der Waals surface area contributed by atoms with Crippen molar-refractivity contribution in [1.29, 1.82) is 5.41 Å². The second-order valence-corrected chi connectivity index (χ2v) is 5.41. The van der Waals surface area contributed by atoms with E-state index in [1.165, 1.54) is 18.6 Å². The van der Waals surface area contributed by atoms with Crippen molar-refractivity contribution in [2.75, 3.05) is 6.26 Å². The standard InChI is InChI=1S/C12H15N2O5S/c1-3-11(13)14-12(15)18-8-9-4-6-10(7-5-9)19-20(2,16)17/h3-7H,8H2,1-2H3,(H2,13,14,15). The number of alkyl carbamates (subject to hydrolysis) is 1. The highest BCUT2D eigenvalue weighted by molar-refractivity contribution is 7.86. The molecule has 109 valence electrons. The first-order valence-corrected chi connectivity index (χ1v) is 7.42. The predicted octanol–water partition coefficient (Wildman–Crippen LogP) is 1.45. The summed E-state index contributed by atoms with van der Waals surface area (Å²) in [6, 6.07) is 6.06. The second-order valence-electron chi connectivity index (χ2n) is 3.83. The van der Waals surface area contributed by atoms with Gasteiger partial charge in [0.05, 0.1) is 6.26 Å². The van der Waals surface area contributed by atoms with Gasteiger partial charge in [0.2, 0.25) is 0 Å². The van der Waals surface area contributed by atoms with Crippen molar-refractivity contribution >= 4 is 22.0 Å². The van der Waals surface area contributed by atoms with Crippen LogP contribution in [0.1, 0.15) is 12.5 Å². The van der Waals surface area contributed by atoms with Gasteiger partial charge in [-0.3, -0.25) is 10.7 Å². The number of amides is 1. The van der Waals surface area contributed by atoms with Gasteiger partial charge in [0.1, 0.15) is 18.2 Å². The molecule has 8 heteroatoms. The fourth-order valence-corrected chi connectivity index (χ4v) is 1.64. The van der Waals surface area contributed by atoms with Gasteiger partial charge in [0.25, 0.3) is 0 Å². The summed E-state index contributed by atoms with van der Waals surface area (Å²) in [5.74, 6) is 0.134. The zero-order valence-electron chi connectivity index (χ0n) is 11.0. The minimum absolute atomic E-state index is 0.00197. The molecular formula is C12H15N2O5S. The number of ether oxygens (including phenoxy) is 1. The average Bonchev–Trinajstić information content (AvgIpc) is 2.36. The number of rotatable bonds is 5. The summed E-state index contributed by atoms with van der Waals surface area (Å²) in [6.07, 6.45) is 1.64. The molecule has 2 N–H and O–H groups in total. The highest BCUT2D eigenvalue weighted by Gasteiger charge is 2.06. The van der Waals surface area contributed by atoms with Gasteiger partial charge in [-0.05, 0) is 17.7 Å². The van der Waals surface area contributed by atoms with Crippen LogP contribution < -0.4 is 9.50 Å². The lowest BCUT2D eigenvalue weighted by molar-refractivity contribution is 0.145. The Labute approximate surface area is 117 Å². The van der Waals surface area contributed by atoms with Gasteiger partial charge in [-0.2, -0.15) is 8.42 Å². The van der Waals surface area contributed by atoms with Crippen LogP contribution in [0.2, 0.25) is 0 Å². The van der Waals surface area contributed by atoms with Gasteiger partial charge in [-0.25, -0.2) is 4.79 Å². The van der Waals surface area contributed by atoms with Crippen molar-refractivity contribution in [2.24, 2.45) is 0 Å². The molecule has 20 heavy (non-hydrogen) atoms. The van der Waals surface area contributed by atoms with Crippen LogP contribution in [0.4, 0.5) is 4.79 Å². The summed E-state index contributed by atoms with van der Waals surface area (Å²) in [5.41, 5.74) is 0.660. The molecule has 1 aromatic carbocycles. The minimum Gasteiger partial charge on any atom is -0.444 e. The first-order chi connectivity index (χ1) is 9.30. The fourth-order valence-electron chi connectivity index (χ4n) is 1.18. The molecule has 0 spiro atoms. The molecule has 1 rings (SSSR count). The van der Waals surface area contributed by atoms with Crippen molar-refractivity contribution in [3.63, 3.8) is 0 Å². The maximum atomic E-state index is 11.2. The first kappa shape index (κ1) is 16.0. The predicted molar refractivity (Wildman–Crippen MR) is 72.9 cm³/mol. The second kappa shape index (κ2) is 6.90. The van der Waals surface area contributed by atoms with Crippen LogP contribution >= 0.6 is 0 Å². The van der Waals surface area contributed by atoms with Gasteiger partial charge in [0, 0.05) is 6.42 Å². The monoisotopic (exact) mass is 299 g/mol. The van der Waals surface area contributed by atoms with E-state index in [2.05, 4.69) is 9.50 Å². The van der Waals surface area contributed by atoms with Crippen LogP contribution in [-0.2, 0) is 21.5 Å². The molecule has 1 amide bonds. The van der Waals surface area contributed by atoms with E-state index in [1.54, 1.807) is 19.1 Å². The van der Waals surface area contributed by atoms with Gasteiger partial charge in [-0.1, -0.05) is 19.1 Å². The molecule has 0 bridgehead atoms. The lowest BCUT2D eigenvalue weighted by Gasteiger charge is -2.07. The number of carbonyl (C=O) groups excluding carboxylic acids is 1. The average molecular weight is 299 g/mol. The number of nitrogens with one attached hydrogen (secondary N) is 2. The number of amidine groups is 1. The van der Waals surface area contributed by atoms with Crippen LogP contribution in [0.3, 0.4) is 0 Å². The maximum absolute atomic E-state index is 11.2. The van der Waals surface area contributed by atoms with E-state index in [0.717, 1.165) is 6.26 Å². The molecule has 1 aromatic rings. The molecule has 0 aromatic heterocycles. The Morgan fingerprint density at radius 3 is 2.45 bits per heavy atom. The third kappa shape index (κ3) is 6.19. The molecule has 0 heterocycles. The Morgan fingerprint density at radius 2 is 1.95 bits per heavy atom. The van der Waals surface area contributed by atoms with Crippen LogP contribution in [0.5, 0.6) is 5.75 Å². The van der Waals surface area contributed by atoms with E-state index < -0.39 is 16.2 Å².